The van der Waals surface area contributed by atoms with Gasteiger partial charge in [-0.2, -0.15) is 0 Å². The van der Waals surface area contributed by atoms with Gasteiger partial charge in [-0.1, -0.05) is 30.3 Å². The number of benzene rings is 1. The van der Waals surface area contributed by atoms with Gasteiger partial charge in [0.15, 0.2) is 0 Å². The Bertz CT molecular complexity index is 709. The highest BCUT2D eigenvalue weighted by Crippen LogP contribution is 2.25. The van der Waals surface area contributed by atoms with Crippen LogP contribution < -0.4 is 15.5 Å². The molecule has 2 aromatic rings. The zero-order valence-electron chi connectivity index (χ0n) is 15.0. The maximum atomic E-state index is 12.6. The second kappa shape index (κ2) is 8.12. The molecule has 1 aromatic heterocycles. The van der Waals surface area contributed by atoms with Crippen LogP contribution in [-0.2, 0) is 6.54 Å². The van der Waals surface area contributed by atoms with Gasteiger partial charge in [0.25, 0.3) is 5.91 Å². The number of nitrogens with zero attached hydrogens (tertiary/aromatic N) is 2. The molecule has 2 heterocycles. The summed E-state index contributed by atoms with van der Waals surface area (Å²) in [5.41, 5.74) is 2.77. The molecule has 0 aliphatic carbocycles. The highest BCUT2D eigenvalue weighted by Gasteiger charge is 2.20. The Labute approximate surface area is 149 Å². The topological polar surface area (TPSA) is 57.3 Å². The highest BCUT2D eigenvalue weighted by atomic mass is 16.1. The van der Waals surface area contributed by atoms with Crippen LogP contribution in [-0.4, -0.2) is 38.1 Å². The van der Waals surface area contributed by atoms with E-state index in [-0.39, 0.29) is 5.91 Å². The highest BCUT2D eigenvalue weighted by molar-refractivity contribution is 5.98. The van der Waals surface area contributed by atoms with Crippen molar-refractivity contribution in [2.45, 2.75) is 25.3 Å². The van der Waals surface area contributed by atoms with Gasteiger partial charge in [0.2, 0.25) is 0 Å². The molecule has 0 unspecified atom stereocenters. The van der Waals surface area contributed by atoms with Crippen molar-refractivity contribution in [3.63, 3.8) is 0 Å². The summed E-state index contributed by atoms with van der Waals surface area (Å²) in [6.45, 7) is 2.55. The number of nitrogens with one attached hydrogen (secondary N) is 2. The van der Waals surface area contributed by atoms with Crippen molar-refractivity contribution < 1.29 is 4.79 Å². The molecule has 1 saturated heterocycles. The third-order valence-corrected chi connectivity index (χ3v) is 4.58. The van der Waals surface area contributed by atoms with Gasteiger partial charge in [-0.3, -0.25) is 4.79 Å². The predicted molar refractivity (Wildman–Crippen MR) is 101 cm³/mol. The monoisotopic (exact) mass is 338 g/mol. The predicted octanol–water partition coefficient (Wildman–Crippen LogP) is 2.54. The van der Waals surface area contributed by atoms with E-state index in [0.717, 1.165) is 36.6 Å². The number of carbonyl (C=O) groups is 1. The minimum atomic E-state index is -0.0895. The van der Waals surface area contributed by atoms with Gasteiger partial charge in [-0.15, -0.1) is 0 Å². The van der Waals surface area contributed by atoms with Crippen LogP contribution in [0, 0.1) is 0 Å². The van der Waals surface area contributed by atoms with Crippen molar-refractivity contribution in [3.8, 4) is 0 Å². The lowest BCUT2D eigenvalue weighted by atomic mass is 9.95. The van der Waals surface area contributed by atoms with Crippen molar-refractivity contribution in [1.82, 2.24) is 15.6 Å². The first-order valence-electron chi connectivity index (χ1n) is 8.86. The molecule has 1 atom stereocenters. The number of aromatic nitrogens is 1. The lowest BCUT2D eigenvalue weighted by Gasteiger charge is -2.24. The van der Waals surface area contributed by atoms with E-state index in [1.807, 2.05) is 61.5 Å². The molecule has 0 radical (unpaired) electrons. The summed E-state index contributed by atoms with van der Waals surface area (Å²) in [7, 11) is 3.86. The summed E-state index contributed by atoms with van der Waals surface area (Å²) in [6.07, 6.45) is 2.31. The van der Waals surface area contributed by atoms with Crippen LogP contribution in [0.15, 0.2) is 42.5 Å². The SMILES string of the molecule is CN(C)c1nc([C@H]2CCCNC2)ccc1C(=O)NCc1ccccc1. The molecule has 1 aromatic carbocycles. The smallest absolute Gasteiger partial charge is 0.255 e. The number of hydrogen-bond donors (Lipinski definition) is 2. The van der Waals surface area contributed by atoms with E-state index in [4.69, 9.17) is 4.98 Å². The van der Waals surface area contributed by atoms with Crippen molar-refractivity contribution in [1.29, 1.82) is 0 Å². The normalized spacial score (nSPS) is 17.1. The van der Waals surface area contributed by atoms with E-state index < -0.39 is 0 Å². The van der Waals surface area contributed by atoms with Crippen molar-refractivity contribution in [3.05, 3.63) is 59.3 Å². The van der Waals surface area contributed by atoms with E-state index in [1.54, 1.807) is 0 Å². The number of amides is 1. The van der Waals surface area contributed by atoms with Gasteiger partial charge in [0.05, 0.1) is 5.56 Å². The summed E-state index contributed by atoms with van der Waals surface area (Å²) in [5, 5.41) is 6.42. The van der Waals surface area contributed by atoms with Crippen molar-refractivity contribution in [2.75, 3.05) is 32.1 Å². The quantitative estimate of drug-likeness (QED) is 0.880. The van der Waals surface area contributed by atoms with Gasteiger partial charge >= 0.3 is 0 Å². The van der Waals surface area contributed by atoms with E-state index in [0.29, 0.717) is 18.0 Å². The maximum Gasteiger partial charge on any atom is 0.255 e. The van der Waals surface area contributed by atoms with E-state index in [9.17, 15) is 4.79 Å². The average molecular weight is 338 g/mol. The Morgan fingerprint density at radius 1 is 1.24 bits per heavy atom. The molecule has 25 heavy (non-hydrogen) atoms. The van der Waals surface area contributed by atoms with Gasteiger partial charge < -0.3 is 15.5 Å². The molecule has 132 valence electrons. The summed E-state index contributed by atoms with van der Waals surface area (Å²) < 4.78 is 0. The molecule has 0 saturated carbocycles. The van der Waals surface area contributed by atoms with E-state index >= 15 is 0 Å². The maximum absolute atomic E-state index is 12.6. The van der Waals surface area contributed by atoms with Crippen LogP contribution >= 0.6 is 0 Å². The molecule has 5 nitrogen and oxygen atoms in total. The number of anilines is 1. The minimum absolute atomic E-state index is 0.0895. The Kier molecular flexibility index (Phi) is 5.66. The molecule has 0 bridgehead atoms. The van der Waals surface area contributed by atoms with Gasteiger partial charge in [-0.05, 0) is 37.1 Å². The first-order chi connectivity index (χ1) is 12.1. The lowest BCUT2D eigenvalue weighted by molar-refractivity contribution is 0.0951. The van der Waals surface area contributed by atoms with E-state index in [2.05, 4.69) is 10.6 Å². The zero-order chi connectivity index (χ0) is 17.6. The molecule has 1 amide bonds. The molecule has 5 heteroatoms. The Morgan fingerprint density at radius 2 is 2.04 bits per heavy atom. The molecule has 1 aliphatic rings. The van der Waals surface area contributed by atoms with E-state index in [1.165, 1.54) is 6.42 Å². The average Bonchev–Trinajstić information content (AvgIpc) is 2.67. The summed E-state index contributed by atoms with van der Waals surface area (Å²) in [4.78, 5) is 19.4. The summed E-state index contributed by atoms with van der Waals surface area (Å²) >= 11 is 0. The molecule has 1 fully saturated rings. The zero-order valence-corrected chi connectivity index (χ0v) is 15.0. The van der Waals surface area contributed by atoms with Crippen molar-refractivity contribution in [2.24, 2.45) is 0 Å². The molecule has 3 rings (SSSR count). The second-order valence-corrected chi connectivity index (χ2v) is 6.71. The molecule has 2 N–H and O–H groups in total. The largest absolute Gasteiger partial charge is 0.362 e. The Hall–Kier alpha value is -2.40. The van der Waals surface area contributed by atoms with Crippen molar-refractivity contribution >= 4 is 11.7 Å². The number of hydrogen-bond acceptors (Lipinski definition) is 4. The fraction of sp³-hybridized carbons (Fsp3) is 0.400. The fourth-order valence-electron chi connectivity index (χ4n) is 3.19. The van der Waals surface area contributed by atoms with Crippen LogP contribution in [0.4, 0.5) is 5.82 Å². The molecular formula is C20H26N4O. The second-order valence-electron chi connectivity index (χ2n) is 6.71. The third kappa shape index (κ3) is 4.37. The number of piperidine rings is 1. The number of pyridine rings is 1. The molecule has 1 aliphatic heterocycles. The first-order valence-corrected chi connectivity index (χ1v) is 8.86. The summed E-state index contributed by atoms with van der Waals surface area (Å²) in [5.74, 6) is 1.07. The fourth-order valence-corrected chi connectivity index (χ4v) is 3.19. The first kappa shape index (κ1) is 17.4. The van der Waals surface area contributed by atoms with Crippen LogP contribution in [0.25, 0.3) is 0 Å². The Morgan fingerprint density at radius 3 is 2.72 bits per heavy atom. The van der Waals surface area contributed by atoms with Crippen LogP contribution in [0.1, 0.15) is 40.4 Å². The molecule has 0 spiro atoms. The number of rotatable bonds is 5. The van der Waals surface area contributed by atoms with Gasteiger partial charge in [0, 0.05) is 38.8 Å². The van der Waals surface area contributed by atoms with Gasteiger partial charge in [0.1, 0.15) is 5.82 Å². The third-order valence-electron chi connectivity index (χ3n) is 4.58. The van der Waals surface area contributed by atoms with Crippen LogP contribution in [0.2, 0.25) is 0 Å². The van der Waals surface area contributed by atoms with Gasteiger partial charge in [-0.25, -0.2) is 4.98 Å². The molecular weight excluding hydrogens is 312 g/mol. The minimum Gasteiger partial charge on any atom is -0.362 e. The standard InChI is InChI=1S/C20H26N4O/c1-24(2)19-17(20(25)22-13-15-7-4-3-5-8-15)10-11-18(23-19)16-9-6-12-21-14-16/h3-5,7-8,10-11,16,21H,6,9,12-14H2,1-2H3,(H,22,25)/t16-/m0/s1. The lowest BCUT2D eigenvalue weighted by Crippen LogP contribution is -2.30. The van der Waals surface area contributed by atoms with Crippen LogP contribution in [0.3, 0.4) is 0 Å². The van der Waals surface area contributed by atoms with Crippen LogP contribution in [0.5, 0.6) is 0 Å². The summed E-state index contributed by atoms with van der Waals surface area (Å²) in [6, 6.07) is 13.8. The number of carbonyl (C=O) groups excluding carboxylic acids is 1. The Balaban J connectivity index is 1.76.